The zero-order chi connectivity index (χ0) is 40.3. The molecule has 14 nitrogen and oxygen atoms in total. The summed E-state index contributed by atoms with van der Waals surface area (Å²) in [6.45, 7) is 1.91. The van der Waals surface area contributed by atoms with E-state index in [4.69, 9.17) is 21.6 Å². The second-order valence-electron chi connectivity index (χ2n) is 13.7. The number of aryl methyl sites for hydroxylation is 2. The molecule has 58 heavy (non-hydrogen) atoms. The molecule has 8 rings (SSSR count). The summed E-state index contributed by atoms with van der Waals surface area (Å²) in [6.07, 6.45) is 5.35. The van der Waals surface area contributed by atoms with Gasteiger partial charge in [-0.1, -0.05) is 66.2 Å². The number of carbonyl (C=O) groups is 2. The number of imidazole rings is 1. The minimum absolute atomic E-state index is 0.263. The Balaban J connectivity index is 1.15. The van der Waals surface area contributed by atoms with E-state index in [9.17, 15) is 14.7 Å². The third-order valence-corrected chi connectivity index (χ3v) is 10.0. The first-order valence-corrected chi connectivity index (χ1v) is 18.8. The molecule has 15 heteroatoms. The van der Waals surface area contributed by atoms with E-state index in [0.717, 1.165) is 16.5 Å². The molecular formula is C43H38ClN11O3. The largest absolute Gasteiger partial charge is 0.381 e. The lowest BCUT2D eigenvalue weighted by Gasteiger charge is -2.27. The molecule has 2 atom stereocenters. The summed E-state index contributed by atoms with van der Waals surface area (Å²) in [5.74, 6) is 0.252. The van der Waals surface area contributed by atoms with Crippen molar-refractivity contribution < 1.29 is 14.7 Å². The van der Waals surface area contributed by atoms with Gasteiger partial charge in [0.2, 0.25) is 5.95 Å². The van der Waals surface area contributed by atoms with Crippen LogP contribution >= 0.6 is 11.6 Å². The molecule has 4 aromatic carbocycles. The number of amides is 2. The second-order valence-corrected chi connectivity index (χ2v) is 14.1. The molecule has 5 N–H and O–H groups in total. The molecule has 4 heterocycles. The van der Waals surface area contributed by atoms with Gasteiger partial charge in [0.1, 0.15) is 10.8 Å². The van der Waals surface area contributed by atoms with Gasteiger partial charge < -0.3 is 30.9 Å². The van der Waals surface area contributed by atoms with Gasteiger partial charge in [-0.2, -0.15) is 10.1 Å². The fourth-order valence-electron chi connectivity index (χ4n) is 6.88. The maximum absolute atomic E-state index is 14.3. The number of aliphatic hydroxyl groups is 1. The summed E-state index contributed by atoms with van der Waals surface area (Å²) in [6, 6.07) is 29.0. The van der Waals surface area contributed by atoms with Gasteiger partial charge in [0.25, 0.3) is 11.8 Å². The van der Waals surface area contributed by atoms with Gasteiger partial charge in [0, 0.05) is 54.4 Å². The Hall–Kier alpha value is -7.16. The molecule has 2 amide bonds. The molecular weight excluding hydrogens is 754 g/mol. The Morgan fingerprint density at radius 1 is 0.879 bits per heavy atom. The van der Waals surface area contributed by atoms with Crippen molar-refractivity contribution in [1.82, 2.24) is 39.6 Å². The van der Waals surface area contributed by atoms with E-state index >= 15 is 0 Å². The first-order valence-electron chi connectivity index (χ1n) is 18.4. The normalized spacial score (nSPS) is 12.3. The predicted molar refractivity (Wildman–Crippen MR) is 226 cm³/mol. The van der Waals surface area contributed by atoms with Crippen LogP contribution in [0.2, 0.25) is 5.02 Å². The lowest BCUT2D eigenvalue weighted by molar-refractivity contribution is -0.126. The van der Waals surface area contributed by atoms with Crippen LogP contribution in [0.5, 0.6) is 0 Å². The van der Waals surface area contributed by atoms with Gasteiger partial charge in [0.05, 0.1) is 40.7 Å². The Bertz CT molecular complexity index is 2800. The first-order chi connectivity index (χ1) is 28.1. The van der Waals surface area contributed by atoms with Crippen LogP contribution in [-0.4, -0.2) is 64.4 Å². The maximum Gasteiger partial charge on any atom is 0.255 e. The third-order valence-electron chi connectivity index (χ3n) is 9.77. The summed E-state index contributed by atoms with van der Waals surface area (Å²) in [7, 11) is 3.38. The smallest absolute Gasteiger partial charge is 0.255 e. The Morgan fingerprint density at radius 2 is 1.71 bits per heavy atom. The number of rotatable bonds is 12. The number of nitrogens with zero attached hydrogens (tertiary/aromatic N) is 7. The highest BCUT2D eigenvalue weighted by atomic mass is 35.5. The summed E-state index contributed by atoms with van der Waals surface area (Å²) in [5, 5.41) is 29.6. The molecule has 0 saturated carbocycles. The van der Waals surface area contributed by atoms with E-state index < -0.39 is 18.1 Å². The molecule has 0 fully saturated rings. The molecule has 0 aliphatic heterocycles. The number of para-hydroxylation sites is 1. The molecule has 0 saturated heterocycles. The van der Waals surface area contributed by atoms with Crippen molar-refractivity contribution >= 4 is 74.2 Å². The second kappa shape index (κ2) is 16.1. The van der Waals surface area contributed by atoms with Gasteiger partial charge in [0.15, 0.2) is 11.9 Å². The number of aliphatic hydroxyl groups excluding tert-OH is 1. The Labute approximate surface area is 338 Å². The summed E-state index contributed by atoms with van der Waals surface area (Å²) >= 11 is 6.40. The van der Waals surface area contributed by atoms with Gasteiger partial charge in [-0.15, -0.1) is 0 Å². The molecule has 290 valence electrons. The van der Waals surface area contributed by atoms with Gasteiger partial charge in [-0.25, -0.2) is 9.97 Å². The van der Waals surface area contributed by atoms with Crippen LogP contribution in [0.1, 0.15) is 27.5 Å². The van der Waals surface area contributed by atoms with E-state index in [0.29, 0.717) is 61.4 Å². The minimum atomic E-state index is -1.57. The molecule has 0 bridgehead atoms. The number of pyridine rings is 1. The lowest BCUT2D eigenvalue weighted by atomic mass is 9.99. The summed E-state index contributed by atoms with van der Waals surface area (Å²) in [5.41, 5.74) is 6.50. The number of benzene rings is 4. The average molecular weight is 792 g/mol. The topological polar surface area (TPSA) is 177 Å². The first kappa shape index (κ1) is 37.7. The third kappa shape index (κ3) is 7.78. The zero-order valence-corrected chi connectivity index (χ0v) is 32.4. The molecule has 0 spiro atoms. The van der Waals surface area contributed by atoms with Crippen LogP contribution < -0.4 is 21.3 Å². The van der Waals surface area contributed by atoms with Crippen molar-refractivity contribution in [2.24, 2.45) is 7.05 Å². The highest BCUT2D eigenvalue weighted by Gasteiger charge is 2.32. The highest BCUT2D eigenvalue weighted by Crippen LogP contribution is 2.36. The van der Waals surface area contributed by atoms with E-state index in [-0.39, 0.29) is 18.3 Å². The molecule has 0 radical (unpaired) electrons. The van der Waals surface area contributed by atoms with Crippen molar-refractivity contribution in [3.63, 3.8) is 0 Å². The van der Waals surface area contributed by atoms with Crippen molar-refractivity contribution in [3.05, 3.63) is 144 Å². The van der Waals surface area contributed by atoms with E-state index in [1.165, 1.54) is 6.20 Å². The summed E-state index contributed by atoms with van der Waals surface area (Å²) in [4.78, 5) is 45.7. The molecule has 2 unspecified atom stereocenters. The molecule has 0 aliphatic carbocycles. The number of fused-ring (bicyclic) bond motifs is 2. The zero-order valence-electron chi connectivity index (χ0n) is 31.7. The lowest BCUT2D eigenvalue weighted by Crippen LogP contribution is -2.37. The van der Waals surface area contributed by atoms with Crippen LogP contribution in [0.3, 0.4) is 0 Å². The number of halogens is 1. The molecule has 0 aliphatic rings. The number of hydrogen-bond acceptors (Lipinski definition) is 10. The summed E-state index contributed by atoms with van der Waals surface area (Å²) < 4.78 is 3.55. The van der Waals surface area contributed by atoms with E-state index in [1.54, 1.807) is 60.7 Å². The van der Waals surface area contributed by atoms with Crippen molar-refractivity contribution in [3.8, 4) is 11.4 Å². The van der Waals surface area contributed by atoms with Gasteiger partial charge in [-0.05, 0) is 66.9 Å². The van der Waals surface area contributed by atoms with Crippen LogP contribution in [0.25, 0.3) is 33.3 Å². The number of aromatic nitrogens is 7. The van der Waals surface area contributed by atoms with E-state index in [2.05, 4.69) is 36.3 Å². The van der Waals surface area contributed by atoms with Gasteiger partial charge >= 0.3 is 0 Å². The van der Waals surface area contributed by atoms with Crippen molar-refractivity contribution in [2.75, 3.05) is 23.0 Å². The maximum atomic E-state index is 14.3. The monoisotopic (exact) mass is 791 g/mol. The van der Waals surface area contributed by atoms with E-state index in [1.807, 2.05) is 85.3 Å². The Kier molecular flexibility index (Phi) is 10.5. The fourth-order valence-corrected chi connectivity index (χ4v) is 7.02. The van der Waals surface area contributed by atoms with Crippen molar-refractivity contribution in [2.45, 2.75) is 25.5 Å². The SMILES string of the molecule is CNC(=O)c1ccc2c(c1)nc(-c1cccc3cccnc13)n2C(Cc1ccccc1)C(O)C(=O)Nc1ccc(C)c(Nc2ncc(Cl)c(Nc3cnn(C)c3)n2)c1. The number of anilines is 5. The number of nitrogens with one attached hydrogen (secondary N) is 4. The standard InChI is InChI=1S/C43H38ClN11O3/c1-25-14-16-29(21-33(25)52-43-47-23-32(44)39(53-43)49-30-22-48-54(3)24-30)50-42(58)38(56)36(19-26-9-5-4-6-10-26)55-35-17-15-28(41(57)45-2)20-34(35)51-40(55)31-13-7-11-27-12-8-18-46-37(27)31/h4-18,20-24,36,38,56H,19H2,1-3H3,(H,45,57)(H,50,58)(H2,47,49,52,53). The minimum Gasteiger partial charge on any atom is -0.381 e. The molecule has 8 aromatic rings. The molecule has 4 aromatic heterocycles. The van der Waals surface area contributed by atoms with Crippen LogP contribution in [0, 0.1) is 6.92 Å². The Morgan fingerprint density at radius 3 is 2.50 bits per heavy atom. The van der Waals surface area contributed by atoms with Crippen LogP contribution in [0.15, 0.2) is 122 Å². The highest BCUT2D eigenvalue weighted by molar-refractivity contribution is 6.32. The number of carbonyl (C=O) groups excluding carboxylic acids is 2. The quantitative estimate of drug-likeness (QED) is 0.0840. The predicted octanol–water partition coefficient (Wildman–Crippen LogP) is 7.37. The fraction of sp³-hybridized carbons (Fsp3) is 0.140. The average Bonchev–Trinajstić information content (AvgIpc) is 3.84. The van der Waals surface area contributed by atoms with Gasteiger partial charge in [-0.3, -0.25) is 19.3 Å². The van der Waals surface area contributed by atoms with Crippen LogP contribution in [0.4, 0.5) is 28.8 Å². The van der Waals surface area contributed by atoms with Crippen LogP contribution in [-0.2, 0) is 18.3 Å². The van der Waals surface area contributed by atoms with Crippen molar-refractivity contribution in [1.29, 1.82) is 0 Å². The number of hydrogen-bond donors (Lipinski definition) is 5.